The van der Waals surface area contributed by atoms with Crippen molar-refractivity contribution in [3.63, 3.8) is 0 Å². The van der Waals surface area contributed by atoms with Gasteiger partial charge in [-0.05, 0) is 18.2 Å². The summed E-state index contributed by atoms with van der Waals surface area (Å²) < 4.78 is 11.4. The number of hydrogen-bond donors (Lipinski definition) is 2. The zero-order valence-electron chi connectivity index (χ0n) is 12.5. The fourth-order valence-electron chi connectivity index (χ4n) is 2.33. The first kappa shape index (κ1) is 13.9. The zero-order chi connectivity index (χ0) is 14.7. The van der Waals surface area contributed by atoms with Gasteiger partial charge in [-0.15, -0.1) is 0 Å². The minimum atomic E-state index is 0.441. The van der Waals surface area contributed by atoms with Gasteiger partial charge >= 0.3 is 0 Å². The summed E-state index contributed by atoms with van der Waals surface area (Å²) in [4.78, 5) is 0. The van der Waals surface area contributed by atoms with E-state index in [0.717, 1.165) is 41.3 Å². The molecule has 1 aromatic carbocycles. The van der Waals surface area contributed by atoms with Crippen LogP contribution < -0.4 is 14.8 Å². The molecule has 0 radical (unpaired) electrons. The van der Waals surface area contributed by atoms with Crippen LogP contribution in [0.2, 0.25) is 0 Å². The highest BCUT2D eigenvalue weighted by atomic mass is 16.5. The number of nitrogens with one attached hydrogen (secondary N) is 2. The van der Waals surface area contributed by atoms with Crippen LogP contribution in [0.4, 0.5) is 0 Å². The van der Waals surface area contributed by atoms with Gasteiger partial charge in [-0.2, -0.15) is 5.10 Å². The summed E-state index contributed by atoms with van der Waals surface area (Å²) in [6.45, 7) is 6.46. The number of aromatic amines is 1. The first-order chi connectivity index (χ1) is 10.2. The number of aromatic nitrogens is 2. The molecule has 1 aliphatic rings. The van der Waals surface area contributed by atoms with Gasteiger partial charge in [0.15, 0.2) is 11.5 Å². The van der Waals surface area contributed by atoms with Gasteiger partial charge in [0.2, 0.25) is 0 Å². The van der Waals surface area contributed by atoms with E-state index in [1.807, 2.05) is 24.4 Å². The van der Waals surface area contributed by atoms with Crippen LogP contribution in [0.1, 0.15) is 25.8 Å². The lowest BCUT2D eigenvalue weighted by Crippen LogP contribution is -2.21. The molecule has 0 saturated carbocycles. The molecule has 2 aromatic rings. The van der Waals surface area contributed by atoms with Crippen LogP contribution in [0.25, 0.3) is 11.3 Å². The quantitative estimate of drug-likeness (QED) is 0.908. The van der Waals surface area contributed by atoms with Crippen molar-refractivity contribution in [1.29, 1.82) is 0 Å². The monoisotopic (exact) mass is 287 g/mol. The molecule has 0 fully saturated rings. The van der Waals surface area contributed by atoms with E-state index < -0.39 is 0 Å². The molecule has 0 atom stereocenters. The third-order valence-electron chi connectivity index (χ3n) is 3.45. The second kappa shape index (κ2) is 6.18. The molecule has 0 bridgehead atoms. The fraction of sp³-hybridized carbons (Fsp3) is 0.438. The summed E-state index contributed by atoms with van der Waals surface area (Å²) in [5, 5.41) is 10.7. The molecule has 1 aliphatic heterocycles. The molecule has 5 nitrogen and oxygen atoms in total. The second-order valence-corrected chi connectivity index (χ2v) is 5.52. The van der Waals surface area contributed by atoms with Gasteiger partial charge in [-0.3, -0.25) is 5.10 Å². The zero-order valence-corrected chi connectivity index (χ0v) is 12.5. The average molecular weight is 287 g/mol. The Balaban J connectivity index is 1.87. The minimum absolute atomic E-state index is 0.441. The molecule has 0 aliphatic carbocycles. The molecule has 3 rings (SSSR count). The minimum Gasteiger partial charge on any atom is -0.490 e. The SMILES string of the molecule is CC(C)NCc1cn[nH]c1-c1ccc2c(c1)OCCCO2. The summed E-state index contributed by atoms with van der Waals surface area (Å²) >= 11 is 0. The largest absolute Gasteiger partial charge is 0.490 e. The van der Waals surface area contributed by atoms with Gasteiger partial charge in [0, 0.05) is 30.1 Å². The highest BCUT2D eigenvalue weighted by Gasteiger charge is 2.14. The molecule has 0 spiro atoms. The van der Waals surface area contributed by atoms with Crippen LogP contribution in [-0.2, 0) is 6.54 Å². The third kappa shape index (κ3) is 3.19. The van der Waals surface area contributed by atoms with E-state index in [-0.39, 0.29) is 0 Å². The molecule has 0 unspecified atom stereocenters. The normalized spacial score (nSPS) is 14.2. The van der Waals surface area contributed by atoms with Crippen molar-refractivity contribution in [3.05, 3.63) is 30.0 Å². The van der Waals surface area contributed by atoms with E-state index in [2.05, 4.69) is 29.4 Å². The highest BCUT2D eigenvalue weighted by Crippen LogP contribution is 2.34. The molecule has 0 saturated heterocycles. The first-order valence-electron chi connectivity index (χ1n) is 7.39. The van der Waals surface area contributed by atoms with E-state index >= 15 is 0 Å². The lowest BCUT2D eigenvalue weighted by atomic mass is 10.1. The Kier molecular flexibility index (Phi) is 4.10. The number of benzene rings is 1. The van der Waals surface area contributed by atoms with E-state index in [4.69, 9.17) is 9.47 Å². The standard InChI is InChI=1S/C16H21N3O2/c1-11(2)17-9-13-10-18-19-16(13)12-4-5-14-15(8-12)21-7-3-6-20-14/h4-5,8,10-11,17H,3,6-7,9H2,1-2H3,(H,18,19). The number of ether oxygens (including phenoxy) is 2. The molecule has 2 heterocycles. The van der Waals surface area contributed by atoms with Gasteiger partial charge in [-0.25, -0.2) is 0 Å². The number of rotatable bonds is 4. The molecular weight excluding hydrogens is 266 g/mol. The number of fused-ring (bicyclic) bond motifs is 1. The maximum atomic E-state index is 5.75. The number of hydrogen-bond acceptors (Lipinski definition) is 4. The maximum absolute atomic E-state index is 5.75. The van der Waals surface area contributed by atoms with Crippen LogP contribution in [0, 0.1) is 0 Å². The molecule has 112 valence electrons. The van der Waals surface area contributed by atoms with E-state index in [1.54, 1.807) is 0 Å². The highest BCUT2D eigenvalue weighted by molar-refractivity contribution is 5.66. The Labute approximate surface area is 124 Å². The van der Waals surface area contributed by atoms with Gasteiger partial charge in [0.25, 0.3) is 0 Å². The Morgan fingerprint density at radius 2 is 2.05 bits per heavy atom. The van der Waals surface area contributed by atoms with Crippen LogP contribution in [0.3, 0.4) is 0 Å². The smallest absolute Gasteiger partial charge is 0.161 e. The molecule has 21 heavy (non-hydrogen) atoms. The molecule has 2 N–H and O–H groups in total. The summed E-state index contributed by atoms with van der Waals surface area (Å²) in [5.74, 6) is 1.62. The number of nitrogens with zero attached hydrogens (tertiary/aromatic N) is 1. The van der Waals surface area contributed by atoms with Crippen LogP contribution >= 0.6 is 0 Å². The van der Waals surface area contributed by atoms with Crippen LogP contribution in [0.15, 0.2) is 24.4 Å². The average Bonchev–Trinajstić information content (AvgIpc) is 2.82. The van der Waals surface area contributed by atoms with Crippen molar-refractivity contribution in [1.82, 2.24) is 15.5 Å². The van der Waals surface area contributed by atoms with Gasteiger partial charge < -0.3 is 14.8 Å². The lowest BCUT2D eigenvalue weighted by Gasteiger charge is -2.11. The summed E-state index contributed by atoms with van der Waals surface area (Å²) in [6.07, 6.45) is 2.78. The molecule has 0 amide bonds. The Hall–Kier alpha value is -2.01. The van der Waals surface area contributed by atoms with Crippen LogP contribution in [-0.4, -0.2) is 29.5 Å². The van der Waals surface area contributed by atoms with Gasteiger partial charge in [0.05, 0.1) is 25.1 Å². The Morgan fingerprint density at radius 1 is 1.24 bits per heavy atom. The van der Waals surface area contributed by atoms with Crippen molar-refractivity contribution >= 4 is 0 Å². The Bertz CT molecular complexity index is 607. The lowest BCUT2D eigenvalue weighted by molar-refractivity contribution is 0.297. The summed E-state index contributed by atoms with van der Waals surface area (Å²) in [7, 11) is 0. The summed E-state index contributed by atoms with van der Waals surface area (Å²) in [5.41, 5.74) is 3.24. The van der Waals surface area contributed by atoms with Gasteiger partial charge in [-0.1, -0.05) is 13.8 Å². The predicted octanol–water partition coefficient (Wildman–Crippen LogP) is 2.74. The van der Waals surface area contributed by atoms with Crippen LogP contribution in [0.5, 0.6) is 11.5 Å². The first-order valence-corrected chi connectivity index (χ1v) is 7.39. The summed E-state index contributed by atoms with van der Waals surface area (Å²) in [6, 6.07) is 6.47. The van der Waals surface area contributed by atoms with E-state index in [9.17, 15) is 0 Å². The van der Waals surface area contributed by atoms with Crippen molar-refractivity contribution in [2.45, 2.75) is 32.9 Å². The molecule has 1 aromatic heterocycles. The molecular formula is C16H21N3O2. The van der Waals surface area contributed by atoms with Crippen molar-refractivity contribution in [3.8, 4) is 22.8 Å². The van der Waals surface area contributed by atoms with E-state index in [1.165, 1.54) is 0 Å². The number of H-pyrrole nitrogens is 1. The van der Waals surface area contributed by atoms with Crippen molar-refractivity contribution in [2.24, 2.45) is 0 Å². The van der Waals surface area contributed by atoms with Crippen molar-refractivity contribution < 1.29 is 9.47 Å². The predicted molar refractivity (Wildman–Crippen MR) is 81.6 cm³/mol. The van der Waals surface area contributed by atoms with E-state index in [0.29, 0.717) is 19.3 Å². The van der Waals surface area contributed by atoms with Crippen molar-refractivity contribution in [2.75, 3.05) is 13.2 Å². The third-order valence-corrected chi connectivity index (χ3v) is 3.45. The fourth-order valence-corrected chi connectivity index (χ4v) is 2.33. The Morgan fingerprint density at radius 3 is 2.86 bits per heavy atom. The molecule has 5 heteroatoms. The second-order valence-electron chi connectivity index (χ2n) is 5.52. The maximum Gasteiger partial charge on any atom is 0.161 e. The topological polar surface area (TPSA) is 59.2 Å². The van der Waals surface area contributed by atoms with Gasteiger partial charge in [0.1, 0.15) is 0 Å².